The number of primary amides is 1. The van der Waals surface area contributed by atoms with Gasteiger partial charge in [0, 0.05) is 10.9 Å². The Hall–Kier alpha value is -1.89. The van der Waals surface area contributed by atoms with Crippen LogP contribution in [0.15, 0.2) is 28.7 Å². The summed E-state index contributed by atoms with van der Waals surface area (Å²) in [5.74, 6) is -2.20. The number of carbonyl (C=O) groups excluding carboxylic acids is 2. The first kappa shape index (κ1) is 16.2. The monoisotopic (exact) mass is 342 g/mol. The summed E-state index contributed by atoms with van der Waals surface area (Å²) in [5, 5.41) is 11.3. The molecule has 1 rings (SSSR count). The molecule has 0 radical (unpaired) electrons. The number of halogens is 1. The number of carboxylic acid groups (broad SMARTS) is 1. The number of benzene rings is 1. The zero-order valence-corrected chi connectivity index (χ0v) is 12.2. The Bertz CT molecular complexity index is 519. The molecule has 20 heavy (non-hydrogen) atoms. The second-order valence-electron chi connectivity index (χ2n) is 4.27. The SMILES string of the molecule is NC(=O)CC[C@H](NC(=O)Cc1cccc(Br)c1)C(=O)O. The summed E-state index contributed by atoms with van der Waals surface area (Å²) in [4.78, 5) is 33.4. The van der Waals surface area contributed by atoms with Crippen LogP contribution in [0.1, 0.15) is 18.4 Å². The molecule has 0 aliphatic carbocycles. The summed E-state index contributed by atoms with van der Waals surface area (Å²) in [6.07, 6.45) is -0.0389. The first-order chi connectivity index (χ1) is 9.38. The van der Waals surface area contributed by atoms with E-state index in [1.807, 2.05) is 6.07 Å². The molecule has 2 amide bonds. The minimum Gasteiger partial charge on any atom is -0.480 e. The number of hydrogen-bond acceptors (Lipinski definition) is 3. The van der Waals surface area contributed by atoms with Crippen molar-refractivity contribution in [3.63, 3.8) is 0 Å². The third-order valence-corrected chi connectivity index (χ3v) is 3.06. The molecule has 1 atom stereocenters. The second kappa shape index (κ2) is 7.64. The highest BCUT2D eigenvalue weighted by Gasteiger charge is 2.20. The highest BCUT2D eigenvalue weighted by Crippen LogP contribution is 2.12. The van der Waals surface area contributed by atoms with Crippen molar-refractivity contribution >= 4 is 33.7 Å². The fraction of sp³-hybridized carbons (Fsp3) is 0.308. The topological polar surface area (TPSA) is 109 Å². The predicted octanol–water partition coefficient (Wildman–Crippen LogP) is 0.826. The lowest BCUT2D eigenvalue weighted by molar-refractivity contribution is -0.142. The van der Waals surface area contributed by atoms with Gasteiger partial charge in [-0.3, -0.25) is 9.59 Å². The molecule has 0 aliphatic heterocycles. The van der Waals surface area contributed by atoms with Gasteiger partial charge in [-0.25, -0.2) is 4.79 Å². The van der Waals surface area contributed by atoms with Gasteiger partial charge in [-0.15, -0.1) is 0 Å². The first-order valence-corrected chi connectivity index (χ1v) is 6.72. The van der Waals surface area contributed by atoms with Gasteiger partial charge in [0.25, 0.3) is 0 Å². The molecule has 0 saturated heterocycles. The molecular weight excluding hydrogens is 328 g/mol. The molecule has 108 valence electrons. The molecule has 0 spiro atoms. The third kappa shape index (κ3) is 5.83. The van der Waals surface area contributed by atoms with Gasteiger partial charge in [0.05, 0.1) is 6.42 Å². The van der Waals surface area contributed by atoms with E-state index in [0.717, 1.165) is 10.0 Å². The fourth-order valence-electron chi connectivity index (χ4n) is 1.62. The Labute approximate surface area is 124 Å². The normalized spacial score (nSPS) is 11.7. The van der Waals surface area contributed by atoms with Crippen molar-refractivity contribution < 1.29 is 19.5 Å². The van der Waals surface area contributed by atoms with Gasteiger partial charge in [0.1, 0.15) is 6.04 Å². The summed E-state index contributed by atoms with van der Waals surface area (Å²) in [6.45, 7) is 0. The van der Waals surface area contributed by atoms with Crippen LogP contribution in [-0.2, 0) is 20.8 Å². The van der Waals surface area contributed by atoms with Crippen LogP contribution in [0.4, 0.5) is 0 Å². The van der Waals surface area contributed by atoms with Gasteiger partial charge < -0.3 is 16.2 Å². The van der Waals surface area contributed by atoms with Crippen molar-refractivity contribution in [2.45, 2.75) is 25.3 Å². The summed E-state index contributed by atoms with van der Waals surface area (Å²) in [5.41, 5.74) is 5.72. The van der Waals surface area contributed by atoms with Gasteiger partial charge in [-0.2, -0.15) is 0 Å². The van der Waals surface area contributed by atoms with Crippen molar-refractivity contribution in [2.24, 2.45) is 5.73 Å². The van der Waals surface area contributed by atoms with E-state index in [0.29, 0.717) is 0 Å². The maximum absolute atomic E-state index is 11.8. The minimum absolute atomic E-state index is 0.0190. The summed E-state index contributed by atoms with van der Waals surface area (Å²) >= 11 is 3.29. The second-order valence-corrected chi connectivity index (χ2v) is 5.19. The van der Waals surface area contributed by atoms with Gasteiger partial charge in [0.2, 0.25) is 11.8 Å². The van der Waals surface area contributed by atoms with E-state index in [4.69, 9.17) is 10.8 Å². The van der Waals surface area contributed by atoms with Crippen molar-refractivity contribution in [1.29, 1.82) is 0 Å². The molecule has 0 aromatic heterocycles. The Kier molecular flexibility index (Phi) is 6.17. The fourth-order valence-corrected chi connectivity index (χ4v) is 2.07. The molecule has 0 aliphatic rings. The molecule has 7 heteroatoms. The van der Waals surface area contributed by atoms with Crippen LogP contribution < -0.4 is 11.1 Å². The van der Waals surface area contributed by atoms with Crippen molar-refractivity contribution in [1.82, 2.24) is 5.32 Å². The smallest absolute Gasteiger partial charge is 0.326 e. The molecule has 1 aromatic carbocycles. The molecule has 0 saturated carbocycles. The number of carbonyl (C=O) groups is 3. The zero-order valence-electron chi connectivity index (χ0n) is 10.6. The highest BCUT2D eigenvalue weighted by atomic mass is 79.9. The minimum atomic E-state index is -1.19. The molecule has 1 aromatic rings. The van der Waals surface area contributed by atoms with Gasteiger partial charge in [-0.05, 0) is 24.1 Å². The third-order valence-electron chi connectivity index (χ3n) is 2.57. The average Bonchev–Trinajstić information content (AvgIpc) is 2.33. The molecule has 0 bridgehead atoms. The van der Waals surface area contributed by atoms with Crippen LogP contribution in [0.3, 0.4) is 0 Å². The van der Waals surface area contributed by atoms with E-state index < -0.39 is 23.8 Å². The van der Waals surface area contributed by atoms with E-state index in [1.54, 1.807) is 18.2 Å². The van der Waals surface area contributed by atoms with E-state index in [9.17, 15) is 14.4 Å². The highest BCUT2D eigenvalue weighted by molar-refractivity contribution is 9.10. The lowest BCUT2D eigenvalue weighted by Gasteiger charge is -2.13. The maximum atomic E-state index is 11.8. The number of aliphatic carboxylic acids is 1. The average molecular weight is 343 g/mol. The van der Waals surface area contributed by atoms with Crippen LogP contribution in [0.25, 0.3) is 0 Å². The van der Waals surface area contributed by atoms with Crippen LogP contribution >= 0.6 is 15.9 Å². The Morgan fingerprint density at radius 3 is 2.60 bits per heavy atom. The van der Waals surface area contributed by atoms with Crippen molar-refractivity contribution in [3.8, 4) is 0 Å². The zero-order chi connectivity index (χ0) is 15.1. The summed E-state index contributed by atoms with van der Waals surface area (Å²) in [7, 11) is 0. The maximum Gasteiger partial charge on any atom is 0.326 e. The lowest BCUT2D eigenvalue weighted by atomic mass is 10.1. The number of hydrogen-bond donors (Lipinski definition) is 3. The number of carboxylic acids is 1. The standard InChI is InChI=1S/C13H15BrN2O4/c14-9-3-1-2-8(6-9)7-12(18)16-10(13(19)20)4-5-11(15)17/h1-3,6,10H,4-5,7H2,(H2,15,17)(H,16,18)(H,19,20)/t10-/m0/s1. The molecule has 6 nitrogen and oxygen atoms in total. The number of rotatable bonds is 7. The molecule has 0 heterocycles. The van der Waals surface area contributed by atoms with E-state index in [1.165, 1.54) is 0 Å². The Morgan fingerprint density at radius 2 is 2.05 bits per heavy atom. The molecule has 4 N–H and O–H groups in total. The van der Waals surface area contributed by atoms with Crippen LogP contribution in [0, 0.1) is 0 Å². The van der Waals surface area contributed by atoms with Crippen molar-refractivity contribution in [2.75, 3.05) is 0 Å². The summed E-state index contributed by atoms with van der Waals surface area (Å²) < 4.78 is 0.839. The Balaban J connectivity index is 2.57. The van der Waals surface area contributed by atoms with Crippen LogP contribution in [0.2, 0.25) is 0 Å². The first-order valence-electron chi connectivity index (χ1n) is 5.93. The number of amides is 2. The van der Waals surface area contributed by atoms with Crippen LogP contribution in [0.5, 0.6) is 0 Å². The van der Waals surface area contributed by atoms with Crippen LogP contribution in [-0.4, -0.2) is 28.9 Å². The van der Waals surface area contributed by atoms with Gasteiger partial charge in [-0.1, -0.05) is 28.1 Å². The van der Waals surface area contributed by atoms with Gasteiger partial charge in [0.15, 0.2) is 0 Å². The molecular formula is C13H15BrN2O4. The Morgan fingerprint density at radius 1 is 1.35 bits per heavy atom. The van der Waals surface area contributed by atoms with Gasteiger partial charge >= 0.3 is 5.97 Å². The van der Waals surface area contributed by atoms with Crippen molar-refractivity contribution in [3.05, 3.63) is 34.3 Å². The van der Waals surface area contributed by atoms with E-state index >= 15 is 0 Å². The quantitative estimate of drug-likeness (QED) is 0.681. The molecule has 0 unspecified atom stereocenters. The largest absolute Gasteiger partial charge is 0.480 e. The molecule has 0 fully saturated rings. The summed E-state index contributed by atoms with van der Waals surface area (Å²) in [6, 6.07) is 6.05. The van der Waals surface area contributed by atoms with E-state index in [-0.39, 0.29) is 19.3 Å². The predicted molar refractivity (Wildman–Crippen MR) is 75.8 cm³/mol. The number of nitrogens with one attached hydrogen (secondary N) is 1. The number of nitrogens with two attached hydrogens (primary N) is 1. The lowest BCUT2D eigenvalue weighted by Crippen LogP contribution is -2.42. The van der Waals surface area contributed by atoms with E-state index in [2.05, 4.69) is 21.2 Å².